The number of anilines is 1. The third kappa shape index (κ3) is 1.45. The van der Waals surface area contributed by atoms with Crippen LogP contribution in [0, 0.1) is 15.4 Å². The molecule has 4 nitrogen and oxygen atoms in total. The van der Waals surface area contributed by atoms with Gasteiger partial charge in [0.1, 0.15) is 0 Å². The van der Waals surface area contributed by atoms with Gasteiger partial charge in [-0.2, -0.15) is 0 Å². The summed E-state index contributed by atoms with van der Waals surface area (Å²) < 4.78 is 6.80. The van der Waals surface area contributed by atoms with E-state index in [-0.39, 0.29) is 29.8 Å². The largest absolute Gasteiger partial charge is 0.362 e. The van der Waals surface area contributed by atoms with E-state index < -0.39 is 5.60 Å². The lowest BCUT2D eigenvalue weighted by Gasteiger charge is -2.24. The van der Waals surface area contributed by atoms with Crippen molar-refractivity contribution in [2.24, 2.45) is 11.8 Å². The SMILES string of the molecule is C[C@@]12C=C[C@@H](O1)[C@H]1C(=O)N(c3cccc(I)c3)C(=O)[C@@H]12. The molecule has 3 aliphatic rings. The zero-order chi connectivity index (χ0) is 14.1. The Kier molecular flexibility index (Phi) is 2.45. The van der Waals surface area contributed by atoms with Crippen LogP contribution in [0.1, 0.15) is 6.92 Å². The molecule has 0 unspecified atom stereocenters. The Hall–Kier alpha value is -1.21. The fourth-order valence-electron chi connectivity index (χ4n) is 3.52. The summed E-state index contributed by atoms with van der Waals surface area (Å²) in [5.41, 5.74) is 0.0305. The first kappa shape index (κ1) is 12.5. The maximum absolute atomic E-state index is 12.7. The average Bonchev–Trinajstić information content (AvgIpc) is 2.99. The van der Waals surface area contributed by atoms with Gasteiger partial charge in [0.25, 0.3) is 0 Å². The number of imide groups is 1. The average molecular weight is 381 g/mol. The summed E-state index contributed by atoms with van der Waals surface area (Å²) in [5, 5.41) is 0. The number of rotatable bonds is 1. The predicted molar refractivity (Wildman–Crippen MR) is 81.1 cm³/mol. The maximum atomic E-state index is 12.7. The third-order valence-electron chi connectivity index (χ3n) is 4.40. The van der Waals surface area contributed by atoms with Crippen LogP contribution in [0.2, 0.25) is 0 Å². The van der Waals surface area contributed by atoms with Crippen LogP contribution in [0.15, 0.2) is 36.4 Å². The summed E-state index contributed by atoms with van der Waals surface area (Å²) in [7, 11) is 0. The molecule has 1 aromatic rings. The highest BCUT2D eigenvalue weighted by molar-refractivity contribution is 14.1. The van der Waals surface area contributed by atoms with Gasteiger partial charge in [-0.15, -0.1) is 0 Å². The first-order valence-corrected chi connectivity index (χ1v) is 7.60. The van der Waals surface area contributed by atoms with Crippen LogP contribution >= 0.6 is 22.6 Å². The molecule has 20 heavy (non-hydrogen) atoms. The topological polar surface area (TPSA) is 46.6 Å². The lowest BCUT2D eigenvalue weighted by molar-refractivity contribution is -0.126. The van der Waals surface area contributed by atoms with Gasteiger partial charge in [0.15, 0.2) is 0 Å². The van der Waals surface area contributed by atoms with Crippen LogP contribution in [-0.4, -0.2) is 23.5 Å². The van der Waals surface area contributed by atoms with E-state index >= 15 is 0 Å². The van der Waals surface area contributed by atoms with Crippen LogP contribution < -0.4 is 4.90 Å². The van der Waals surface area contributed by atoms with Crippen molar-refractivity contribution in [2.45, 2.75) is 18.6 Å². The molecule has 3 heterocycles. The molecule has 4 atom stereocenters. The summed E-state index contributed by atoms with van der Waals surface area (Å²) in [5.74, 6) is -1.03. The van der Waals surface area contributed by atoms with Gasteiger partial charge >= 0.3 is 0 Å². The Morgan fingerprint density at radius 3 is 2.80 bits per heavy atom. The molecule has 2 bridgehead atoms. The minimum Gasteiger partial charge on any atom is -0.362 e. The second kappa shape index (κ2) is 3.92. The number of nitrogens with zero attached hydrogens (tertiary/aromatic N) is 1. The molecule has 4 rings (SSSR count). The van der Waals surface area contributed by atoms with Crippen molar-refractivity contribution in [3.05, 3.63) is 40.0 Å². The zero-order valence-electron chi connectivity index (χ0n) is 10.7. The van der Waals surface area contributed by atoms with Crippen LogP contribution in [0.3, 0.4) is 0 Å². The lowest BCUT2D eigenvalue weighted by atomic mass is 9.78. The number of halogens is 1. The summed E-state index contributed by atoms with van der Waals surface area (Å²) >= 11 is 2.18. The highest BCUT2D eigenvalue weighted by atomic mass is 127. The number of hydrogen-bond donors (Lipinski definition) is 0. The normalized spacial score (nSPS) is 37.9. The fraction of sp³-hybridized carbons (Fsp3) is 0.333. The second-order valence-corrected chi connectivity index (χ2v) is 6.87. The van der Waals surface area contributed by atoms with Gasteiger partial charge < -0.3 is 4.74 Å². The van der Waals surface area contributed by atoms with Gasteiger partial charge in [0.2, 0.25) is 11.8 Å². The standard InChI is InChI=1S/C15H12INO3/c1-15-6-5-10(20-15)11-12(15)14(19)17(13(11)18)9-4-2-3-8(16)7-9/h2-7,10-12H,1H3/t10-,11-,12-,15+/m1/s1. The number of hydrogen-bond acceptors (Lipinski definition) is 3. The molecule has 3 aliphatic heterocycles. The van der Waals surface area contributed by atoms with Crippen molar-refractivity contribution in [3.63, 3.8) is 0 Å². The van der Waals surface area contributed by atoms with Crippen LogP contribution in [0.5, 0.6) is 0 Å². The van der Waals surface area contributed by atoms with Gasteiger partial charge in [-0.25, -0.2) is 4.90 Å². The van der Waals surface area contributed by atoms with Crippen molar-refractivity contribution in [2.75, 3.05) is 4.90 Å². The molecule has 0 aliphatic carbocycles. The molecule has 2 saturated heterocycles. The second-order valence-electron chi connectivity index (χ2n) is 5.62. The first-order valence-electron chi connectivity index (χ1n) is 6.52. The monoisotopic (exact) mass is 381 g/mol. The number of benzene rings is 1. The number of carbonyl (C=O) groups excluding carboxylic acids is 2. The van der Waals surface area contributed by atoms with Crippen molar-refractivity contribution in [1.29, 1.82) is 0 Å². The quantitative estimate of drug-likeness (QED) is 0.426. The molecule has 0 aromatic heterocycles. The Bertz CT molecular complexity index is 671. The molecule has 0 N–H and O–H groups in total. The fourth-order valence-corrected chi connectivity index (χ4v) is 4.05. The predicted octanol–water partition coefficient (Wildman–Crippen LogP) is 2.12. The van der Waals surface area contributed by atoms with E-state index in [1.807, 2.05) is 37.3 Å². The molecule has 5 heteroatoms. The van der Waals surface area contributed by atoms with Crippen molar-refractivity contribution >= 4 is 40.1 Å². The summed E-state index contributed by atoms with van der Waals surface area (Å²) in [4.78, 5) is 26.7. The first-order chi connectivity index (χ1) is 9.51. The Labute approximate surface area is 129 Å². The van der Waals surface area contributed by atoms with E-state index in [4.69, 9.17) is 4.74 Å². The lowest BCUT2D eigenvalue weighted by Crippen LogP contribution is -2.38. The molecule has 2 fully saturated rings. The number of ether oxygens (including phenoxy) is 1. The molecule has 1 aromatic carbocycles. The molecular weight excluding hydrogens is 369 g/mol. The smallest absolute Gasteiger partial charge is 0.241 e. The van der Waals surface area contributed by atoms with Crippen LogP contribution in [-0.2, 0) is 14.3 Å². The van der Waals surface area contributed by atoms with E-state index in [2.05, 4.69) is 22.6 Å². The Morgan fingerprint density at radius 2 is 2.10 bits per heavy atom. The maximum Gasteiger partial charge on any atom is 0.241 e. The molecule has 102 valence electrons. The van der Waals surface area contributed by atoms with E-state index in [1.165, 1.54) is 4.90 Å². The van der Waals surface area contributed by atoms with E-state index in [0.717, 1.165) is 3.57 Å². The third-order valence-corrected chi connectivity index (χ3v) is 5.07. The molecule has 2 amide bonds. The minimum absolute atomic E-state index is 0.139. The van der Waals surface area contributed by atoms with Gasteiger partial charge in [-0.1, -0.05) is 18.2 Å². The van der Waals surface area contributed by atoms with E-state index in [0.29, 0.717) is 5.69 Å². The van der Waals surface area contributed by atoms with E-state index in [1.54, 1.807) is 6.07 Å². The van der Waals surface area contributed by atoms with Crippen LogP contribution in [0.4, 0.5) is 5.69 Å². The zero-order valence-corrected chi connectivity index (χ0v) is 12.9. The summed E-state index contributed by atoms with van der Waals surface area (Å²) in [6.07, 6.45) is 3.57. The van der Waals surface area contributed by atoms with Crippen molar-refractivity contribution in [3.8, 4) is 0 Å². The van der Waals surface area contributed by atoms with Gasteiger partial charge in [0, 0.05) is 3.57 Å². The van der Waals surface area contributed by atoms with Crippen LogP contribution in [0.25, 0.3) is 0 Å². The van der Waals surface area contributed by atoms with E-state index in [9.17, 15) is 9.59 Å². The molecular formula is C15H12INO3. The summed E-state index contributed by atoms with van der Waals surface area (Å²) in [6, 6.07) is 7.45. The molecule has 0 saturated carbocycles. The van der Waals surface area contributed by atoms with Crippen molar-refractivity contribution in [1.82, 2.24) is 0 Å². The minimum atomic E-state index is -0.626. The summed E-state index contributed by atoms with van der Waals surface area (Å²) in [6.45, 7) is 1.89. The number of fused-ring (bicyclic) bond motifs is 5. The Balaban J connectivity index is 1.79. The number of amides is 2. The molecule has 0 spiro atoms. The van der Waals surface area contributed by atoms with Crippen molar-refractivity contribution < 1.29 is 14.3 Å². The van der Waals surface area contributed by atoms with Gasteiger partial charge in [-0.05, 0) is 47.7 Å². The van der Waals surface area contributed by atoms with Gasteiger partial charge in [0.05, 0.1) is 29.2 Å². The highest BCUT2D eigenvalue weighted by Gasteiger charge is 2.65. The number of carbonyl (C=O) groups is 2. The molecule has 0 radical (unpaired) electrons. The highest BCUT2D eigenvalue weighted by Crippen LogP contribution is 2.52. The van der Waals surface area contributed by atoms with Gasteiger partial charge in [-0.3, -0.25) is 9.59 Å². The Morgan fingerprint density at radius 1 is 1.30 bits per heavy atom.